The Kier molecular flexibility index (Phi) is 11.6. The van der Waals surface area contributed by atoms with E-state index >= 15 is 0 Å². The Morgan fingerprint density at radius 3 is 2.11 bits per heavy atom. The van der Waals surface area contributed by atoms with Gasteiger partial charge in [0.05, 0.1) is 0 Å². The Balaban J connectivity index is 4.13. The van der Waals surface area contributed by atoms with Gasteiger partial charge >= 0.3 is 14.9 Å². The summed E-state index contributed by atoms with van der Waals surface area (Å²) in [4.78, 5) is 11.1. The van der Waals surface area contributed by atoms with Gasteiger partial charge in [0.2, 0.25) is 0 Å². The lowest BCUT2D eigenvalue weighted by Crippen LogP contribution is -2.46. The van der Waals surface area contributed by atoms with E-state index < -0.39 is 8.80 Å². The third-order valence-corrected chi connectivity index (χ3v) is 5.76. The van der Waals surface area contributed by atoms with Crippen LogP contribution >= 0.6 is 8.69 Å². The fourth-order valence-corrected chi connectivity index (χ4v) is 4.50. The average Bonchev–Trinajstić information content (AvgIpc) is 2.36. The second-order valence-corrected chi connectivity index (χ2v) is 6.95. The van der Waals surface area contributed by atoms with E-state index in [4.69, 9.17) is 17.8 Å². The summed E-state index contributed by atoms with van der Waals surface area (Å²) < 4.78 is 22.0. The van der Waals surface area contributed by atoms with Crippen LogP contribution in [0.2, 0.25) is 6.04 Å². The summed E-state index contributed by atoms with van der Waals surface area (Å²) in [5.74, 6) is 0. The van der Waals surface area contributed by atoms with Gasteiger partial charge in [0.15, 0.2) is 7.57 Å². The van der Waals surface area contributed by atoms with Gasteiger partial charge in [0, 0.05) is 41.1 Å². The second-order valence-electron chi connectivity index (χ2n) is 3.61. The first-order valence-electron chi connectivity index (χ1n) is 6.67. The molecule has 1 unspecified atom stereocenters. The zero-order valence-electron chi connectivity index (χ0n) is 12.3. The van der Waals surface area contributed by atoms with Crippen molar-refractivity contribution in [3.8, 4) is 0 Å². The summed E-state index contributed by atoms with van der Waals surface area (Å²) in [5, 5.41) is 2.68. The van der Waals surface area contributed by atoms with Crippen molar-refractivity contribution in [3.05, 3.63) is 0 Å². The minimum Gasteiger partial charge on any atom is -0.443 e. The maximum absolute atomic E-state index is 11.1. The number of amides is 1. The fraction of sp³-hybridized carbons (Fsp3) is 0.900. The van der Waals surface area contributed by atoms with Crippen molar-refractivity contribution in [1.29, 1.82) is 0 Å². The third kappa shape index (κ3) is 8.60. The molecule has 6 nitrogen and oxygen atoms in total. The molecule has 0 aromatic heterocycles. The lowest BCUT2D eigenvalue weighted by Gasteiger charge is -2.28. The number of carbonyl (C=O) groups excluding carboxylic acids is 1. The standard InChI is InChI=1S/C10H25BNO5PSi/c1-4-14-19(15-5-2,16-6-3)9-7-8-12-10(13)17-18-11/h18H,4-9,11H2,1-3H3,(H,12,13). The van der Waals surface area contributed by atoms with Crippen molar-refractivity contribution in [3.63, 3.8) is 0 Å². The van der Waals surface area contributed by atoms with Crippen molar-refractivity contribution in [1.82, 2.24) is 5.32 Å². The first-order valence-corrected chi connectivity index (χ1v) is 10.0. The van der Waals surface area contributed by atoms with Crippen molar-refractivity contribution in [2.75, 3.05) is 26.4 Å². The summed E-state index contributed by atoms with van der Waals surface area (Å²) in [6.07, 6.45) is 0.367. The van der Waals surface area contributed by atoms with Gasteiger partial charge in [0.25, 0.3) is 0 Å². The van der Waals surface area contributed by atoms with Gasteiger partial charge in [-0.2, -0.15) is 0 Å². The highest BCUT2D eigenvalue weighted by atomic mass is 31.1. The van der Waals surface area contributed by atoms with E-state index in [1.54, 1.807) is 7.57 Å². The molecule has 0 aliphatic rings. The van der Waals surface area contributed by atoms with E-state index in [0.717, 1.165) is 6.42 Å². The van der Waals surface area contributed by atoms with Crippen LogP contribution < -0.4 is 5.32 Å². The molecule has 0 aliphatic heterocycles. The molecule has 9 heteroatoms. The number of hydrogen-bond acceptors (Lipinski definition) is 5. The summed E-state index contributed by atoms with van der Waals surface area (Å²) in [5.41, 5.74) is 0. The molecule has 0 aliphatic carbocycles. The van der Waals surface area contributed by atoms with Crippen LogP contribution in [0.1, 0.15) is 27.2 Å². The van der Waals surface area contributed by atoms with Crippen molar-refractivity contribution < 1.29 is 22.6 Å². The molecule has 0 aromatic rings. The maximum atomic E-state index is 11.1. The first-order chi connectivity index (χ1) is 9.14. The minimum atomic E-state index is -2.58. The monoisotopic (exact) mass is 309 g/mol. The average molecular weight is 309 g/mol. The Morgan fingerprint density at radius 2 is 1.68 bits per heavy atom. The van der Waals surface area contributed by atoms with Gasteiger partial charge in [-0.15, -0.1) is 0 Å². The highest BCUT2D eigenvalue weighted by Crippen LogP contribution is 2.17. The molecule has 1 N–H and O–H groups in total. The van der Waals surface area contributed by atoms with E-state index in [0.29, 0.717) is 32.4 Å². The molecule has 0 aromatic carbocycles. The van der Waals surface area contributed by atoms with E-state index in [1.807, 2.05) is 20.8 Å². The Bertz CT molecular complexity index is 233. The van der Waals surface area contributed by atoms with Gasteiger partial charge in [-0.1, -0.05) is 0 Å². The summed E-state index contributed by atoms with van der Waals surface area (Å²) in [7, 11) is -0.612. The fourth-order valence-electron chi connectivity index (χ4n) is 1.63. The SMILES string of the molecule is BPOC(=O)NCCC[Si](OCC)(OCC)OCC. The normalized spacial score (nSPS) is 11.9. The van der Waals surface area contributed by atoms with Crippen LogP contribution in [0.5, 0.6) is 0 Å². The zero-order valence-corrected chi connectivity index (χ0v) is 14.3. The summed E-state index contributed by atoms with van der Waals surface area (Å²) >= 11 is 0. The van der Waals surface area contributed by atoms with E-state index in [-0.39, 0.29) is 14.8 Å². The molecule has 112 valence electrons. The quantitative estimate of drug-likeness (QED) is 0.354. The molecule has 0 rings (SSSR count). The molecule has 0 spiro atoms. The van der Waals surface area contributed by atoms with Crippen molar-refractivity contribution in [2.45, 2.75) is 33.2 Å². The molecule has 1 amide bonds. The van der Waals surface area contributed by atoms with E-state index in [9.17, 15) is 4.79 Å². The lowest BCUT2D eigenvalue weighted by atomic mass is 10.5. The number of nitrogens with one attached hydrogen (secondary N) is 1. The zero-order chi connectivity index (χ0) is 14.6. The highest BCUT2D eigenvalue weighted by molar-refractivity contribution is 7.62. The van der Waals surface area contributed by atoms with Crippen LogP contribution in [0.25, 0.3) is 0 Å². The van der Waals surface area contributed by atoms with E-state index in [1.165, 1.54) is 0 Å². The van der Waals surface area contributed by atoms with Gasteiger partial charge in [-0.25, -0.2) is 4.79 Å². The van der Waals surface area contributed by atoms with Crippen LogP contribution in [0.3, 0.4) is 0 Å². The topological polar surface area (TPSA) is 66.0 Å². The Labute approximate surface area is 119 Å². The smallest absolute Gasteiger partial charge is 0.443 e. The number of hydrogen-bond donors (Lipinski definition) is 1. The minimum absolute atomic E-state index is 0.162. The Morgan fingerprint density at radius 1 is 1.16 bits per heavy atom. The first kappa shape index (κ1) is 18.9. The maximum Gasteiger partial charge on any atom is 0.500 e. The molecule has 0 saturated carbocycles. The molecular formula is C10H25BNO5PSi. The molecule has 0 saturated heterocycles. The lowest BCUT2D eigenvalue weighted by molar-refractivity contribution is 0.0708. The summed E-state index contributed by atoms with van der Waals surface area (Å²) in [6, 6.07) is 0.692. The Hall–Kier alpha value is -0.138. The highest BCUT2D eigenvalue weighted by Gasteiger charge is 2.39. The molecule has 19 heavy (non-hydrogen) atoms. The molecule has 0 radical (unpaired) electrons. The largest absolute Gasteiger partial charge is 0.500 e. The van der Waals surface area contributed by atoms with E-state index in [2.05, 4.69) is 5.32 Å². The molecular weight excluding hydrogens is 284 g/mol. The predicted octanol–water partition coefficient (Wildman–Crippen LogP) is 1.29. The van der Waals surface area contributed by atoms with Crippen molar-refractivity contribution >= 4 is 31.1 Å². The van der Waals surface area contributed by atoms with Crippen LogP contribution in [-0.4, -0.2) is 48.8 Å². The number of carbonyl (C=O) groups is 1. The molecule has 1 atom stereocenters. The second kappa shape index (κ2) is 11.7. The van der Waals surface area contributed by atoms with Gasteiger partial charge in [0.1, 0.15) is 0 Å². The number of rotatable bonds is 11. The third-order valence-electron chi connectivity index (χ3n) is 2.22. The van der Waals surface area contributed by atoms with Crippen molar-refractivity contribution in [2.24, 2.45) is 0 Å². The van der Waals surface area contributed by atoms with Crippen LogP contribution in [0.15, 0.2) is 0 Å². The van der Waals surface area contributed by atoms with Crippen LogP contribution in [-0.2, 0) is 17.8 Å². The van der Waals surface area contributed by atoms with Gasteiger partial charge in [-0.05, 0) is 27.2 Å². The van der Waals surface area contributed by atoms with Crippen LogP contribution in [0, 0.1) is 0 Å². The predicted molar refractivity (Wildman–Crippen MR) is 81.4 cm³/mol. The van der Waals surface area contributed by atoms with Gasteiger partial charge in [-0.3, -0.25) is 0 Å². The summed E-state index contributed by atoms with van der Waals surface area (Å²) in [6.45, 7) is 8.02. The molecule has 0 fully saturated rings. The van der Waals surface area contributed by atoms with Crippen LogP contribution in [0.4, 0.5) is 4.79 Å². The van der Waals surface area contributed by atoms with Gasteiger partial charge < -0.3 is 23.1 Å². The molecule has 0 heterocycles. The molecule has 0 bridgehead atoms.